The van der Waals surface area contributed by atoms with Crippen LogP contribution in [0.15, 0.2) is 23.1 Å². The zero-order valence-corrected chi connectivity index (χ0v) is 12.4. The zero-order chi connectivity index (χ0) is 16.7. The van der Waals surface area contributed by atoms with Crippen LogP contribution in [-0.2, 0) is 21.0 Å². The Balaban J connectivity index is 2.43. The number of hydrogen-bond acceptors (Lipinski definition) is 3. The van der Waals surface area contributed by atoms with E-state index in [1.165, 1.54) is 6.92 Å². The first kappa shape index (κ1) is 16.8. The Hall–Kier alpha value is -1.61. The molecule has 2 rings (SSSR count). The van der Waals surface area contributed by atoms with Crippen molar-refractivity contribution >= 4 is 16.0 Å². The summed E-state index contributed by atoms with van der Waals surface area (Å²) < 4.78 is 63.8. The van der Waals surface area contributed by atoms with E-state index in [1.54, 1.807) is 0 Å². The molecule has 0 saturated carbocycles. The van der Waals surface area contributed by atoms with Crippen LogP contribution in [-0.4, -0.2) is 36.4 Å². The van der Waals surface area contributed by atoms with Gasteiger partial charge >= 0.3 is 12.1 Å². The number of halogens is 3. The van der Waals surface area contributed by atoms with E-state index in [0.29, 0.717) is 12.5 Å². The van der Waals surface area contributed by atoms with Crippen LogP contribution in [0.2, 0.25) is 0 Å². The SMILES string of the molecule is Cc1cc(S(=O)(=O)N2CCC[C@@H]2C(=O)O)ccc1C(F)(F)F. The lowest BCUT2D eigenvalue weighted by Crippen LogP contribution is -2.40. The molecule has 22 heavy (non-hydrogen) atoms. The molecule has 0 spiro atoms. The molecule has 0 bridgehead atoms. The second-order valence-corrected chi connectivity index (χ2v) is 6.98. The van der Waals surface area contributed by atoms with Gasteiger partial charge in [-0.1, -0.05) is 0 Å². The lowest BCUT2D eigenvalue weighted by Gasteiger charge is -2.21. The van der Waals surface area contributed by atoms with Crippen LogP contribution in [0, 0.1) is 6.92 Å². The van der Waals surface area contributed by atoms with Crippen molar-refractivity contribution in [3.05, 3.63) is 29.3 Å². The molecule has 5 nitrogen and oxygen atoms in total. The van der Waals surface area contributed by atoms with E-state index in [2.05, 4.69) is 0 Å². The number of nitrogens with zero attached hydrogens (tertiary/aromatic N) is 1. The van der Waals surface area contributed by atoms with Crippen LogP contribution < -0.4 is 0 Å². The quantitative estimate of drug-likeness (QED) is 0.918. The van der Waals surface area contributed by atoms with E-state index >= 15 is 0 Å². The molecule has 1 aromatic carbocycles. The summed E-state index contributed by atoms with van der Waals surface area (Å²) in [5.74, 6) is -1.26. The van der Waals surface area contributed by atoms with Crippen LogP contribution in [0.4, 0.5) is 13.2 Å². The Bertz CT molecular complexity index is 700. The van der Waals surface area contributed by atoms with Crippen LogP contribution in [0.1, 0.15) is 24.0 Å². The zero-order valence-electron chi connectivity index (χ0n) is 11.6. The molecule has 1 fully saturated rings. The summed E-state index contributed by atoms with van der Waals surface area (Å²) in [6, 6.07) is 1.32. The number of hydrogen-bond donors (Lipinski definition) is 1. The van der Waals surface area contributed by atoms with Gasteiger partial charge in [0.2, 0.25) is 10.0 Å². The molecule has 1 N–H and O–H groups in total. The molecule has 1 saturated heterocycles. The highest BCUT2D eigenvalue weighted by Crippen LogP contribution is 2.34. The number of aryl methyl sites for hydroxylation is 1. The largest absolute Gasteiger partial charge is 0.480 e. The molecule has 1 aromatic rings. The minimum Gasteiger partial charge on any atom is -0.480 e. The third-order valence-corrected chi connectivity index (χ3v) is 5.50. The molecule has 1 atom stereocenters. The van der Waals surface area contributed by atoms with Gasteiger partial charge in [-0.25, -0.2) is 8.42 Å². The van der Waals surface area contributed by atoms with E-state index in [1.807, 2.05) is 0 Å². The van der Waals surface area contributed by atoms with E-state index in [-0.39, 0.29) is 23.4 Å². The number of carboxylic acids is 1. The van der Waals surface area contributed by atoms with Crippen molar-refractivity contribution in [3.63, 3.8) is 0 Å². The fourth-order valence-corrected chi connectivity index (χ4v) is 4.26. The monoisotopic (exact) mass is 337 g/mol. The highest BCUT2D eigenvalue weighted by Gasteiger charge is 2.40. The van der Waals surface area contributed by atoms with Crippen LogP contribution in [0.3, 0.4) is 0 Å². The Kier molecular flexibility index (Phi) is 4.22. The number of sulfonamides is 1. The molecule has 0 amide bonds. The fraction of sp³-hybridized carbons (Fsp3) is 0.462. The highest BCUT2D eigenvalue weighted by atomic mass is 32.2. The number of alkyl halides is 3. The molecule has 0 aromatic heterocycles. The molecule has 1 heterocycles. The number of aliphatic carboxylic acids is 1. The summed E-state index contributed by atoms with van der Waals surface area (Å²) in [4.78, 5) is 10.8. The Morgan fingerprint density at radius 1 is 1.36 bits per heavy atom. The van der Waals surface area contributed by atoms with Gasteiger partial charge in [0.05, 0.1) is 10.5 Å². The average Bonchev–Trinajstić information content (AvgIpc) is 2.86. The fourth-order valence-electron chi connectivity index (χ4n) is 2.52. The van der Waals surface area contributed by atoms with E-state index in [4.69, 9.17) is 5.11 Å². The van der Waals surface area contributed by atoms with Gasteiger partial charge in [0.1, 0.15) is 6.04 Å². The maximum atomic E-state index is 12.7. The molecular formula is C13H14F3NO4S. The third kappa shape index (κ3) is 2.95. The lowest BCUT2D eigenvalue weighted by molar-refractivity contribution is -0.140. The van der Waals surface area contributed by atoms with Crippen molar-refractivity contribution in [2.24, 2.45) is 0 Å². The van der Waals surface area contributed by atoms with Gasteiger partial charge in [0, 0.05) is 6.54 Å². The maximum Gasteiger partial charge on any atom is 0.416 e. The standard InChI is InChI=1S/C13H14F3NO4S/c1-8-7-9(4-5-10(8)13(14,15)16)22(20,21)17-6-2-3-11(17)12(18)19/h4-5,7,11H,2-3,6H2,1H3,(H,18,19)/t11-/m1/s1. The first-order valence-electron chi connectivity index (χ1n) is 6.47. The minimum absolute atomic E-state index is 0.0410. The summed E-state index contributed by atoms with van der Waals surface area (Å²) in [7, 11) is -4.13. The molecule has 0 unspecified atom stereocenters. The van der Waals surface area contributed by atoms with Gasteiger partial charge in [0.15, 0.2) is 0 Å². The molecular weight excluding hydrogens is 323 g/mol. The summed E-state index contributed by atoms with van der Waals surface area (Å²) in [6.07, 6.45) is -3.98. The van der Waals surface area contributed by atoms with Crippen molar-refractivity contribution in [1.82, 2.24) is 4.31 Å². The summed E-state index contributed by atoms with van der Waals surface area (Å²) in [5, 5.41) is 9.04. The predicted octanol–water partition coefficient (Wildman–Crippen LogP) is 2.25. The average molecular weight is 337 g/mol. The second kappa shape index (κ2) is 5.54. The number of benzene rings is 1. The Morgan fingerprint density at radius 3 is 2.50 bits per heavy atom. The first-order valence-corrected chi connectivity index (χ1v) is 7.91. The van der Waals surface area contributed by atoms with Gasteiger partial charge in [-0.15, -0.1) is 0 Å². The number of carboxylic acid groups (broad SMARTS) is 1. The van der Waals surface area contributed by atoms with E-state index < -0.39 is 33.8 Å². The summed E-state index contributed by atoms with van der Waals surface area (Å²) in [5.41, 5.74) is -1.14. The van der Waals surface area contributed by atoms with E-state index in [9.17, 15) is 26.4 Å². The van der Waals surface area contributed by atoms with Gasteiger partial charge in [-0.3, -0.25) is 4.79 Å². The molecule has 122 valence electrons. The van der Waals surface area contributed by atoms with Crippen LogP contribution >= 0.6 is 0 Å². The van der Waals surface area contributed by atoms with Gasteiger partial charge < -0.3 is 5.11 Å². The highest BCUT2D eigenvalue weighted by molar-refractivity contribution is 7.89. The smallest absolute Gasteiger partial charge is 0.416 e. The van der Waals surface area contributed by atoms with Crippen LogP contribution in [0.5, 0.6) is 0 Å². The third-order valence-electron chi connectivity index (χ3n) is 3.60. The summed E-state index contributed by atoms with van der Waals surface area (Å²) in [6.45, 7) is 1.21. The predicted molar refractivity (Wildman–Crippen MR) is 70.7 cm³/mol. The lowest BCUT2D eigenvalue weighted by atomic mass is 10.1. The molecule has 1 aliphatic rings. The van der Waals surface area contributed by atoms with Crippen molar-refractivity contribution < 1.29 is 31.5 Å². The molecule has 0 radical (unpaired) electrons. The van der Waals surface area contributed by atoms with Crippen molar-refractivity contribution in [2.45, 2.75) is 36.9 Å². The van der Waals surface area contributed by atoms with Gasteiger partial charge in [-0.05, 0) is 43.5 Å². The van der Waals surface area contributed by atoms with Gasteiger partial charge in [0.25, 0.3) is 0 Å². The molecule has 9 heteroatoms. The Labute approximate surface area is 125 Å². The topological polar surface area (TPSA) is 74.7 Å². The number of carbonyl (C=O) groups is 1. The number of rotatable bonds is 3. The van der Waals surface area contributed by atoms with Crippen LogP contribution in [0.25, 0.3) is 0 Å². The summed E-state index contributed by atoms with van der Waals surface area (Å²) >= 11 is 0. The van der Waals surface area contributed by atoms with Crippen molar-refractivity contribution in [3.8, 4) is 0 Å². The Morgan fingerprint density at radius 2 is 2.00 bits per heavy atom. The molecule has 0 aliphatic carbocycles. The minimum atomic E-state index is -4.57. The normalized spacial score (nSPS) is 20.3. The molecule has 1 aliphatic heterocycles. The van der Waals surface area contributed by atoms with Crippen molar-refractivity contribution in [2.75, 3.05) is 6.54 Å². The van der Waals surface area contributed by atoms with Crippen molar-refractivity contribution in [1.29, 1.82) is 0 Å². The van der Waals surface area contributed by atoms with Gasteiger partial charge in [-0.2, -0.15) is 17.5 Å². The second-order valence-electron chi connectivity index (χ2n) is 5.09. The van der Waals surface area contributed by atoms with E-state index in [0.717, 1.165) is 16.4 Å². The first-order chi connectivity index (χ1) is 10.0. The maximum absolute atomic E-state index is 12.7.